The summed E-state index contributed by atoms with van der Waals surface area (Å²) in [6.45, 7) is 0.613. The lowest BCUT2D eigenvalue weighted by Gasteiger charge is -2.12. The van der Waals surface area contributed by atoms with E-state index >= 15 is 0 Å². The first-order chi connectivity index (χ1) is 8.04. The van der Waals surface area contributed by atoms with Gasteiger partial charge in [0.15, 0.2) is 0 Å². The van der Waals surface area contributed by atoms with Crippen LogP contribution >= 0.6 is 15.9 Å². The lowest BCUT2D eigenvalue weighted by molar-refractivity contribution is -0.128. The molecule has 94 valence electrons. The van der Waals surface area contributed by atoms with Crippen LogP contribution in [0.5, 0.6) is 5.75 Å². The number of ether oxygens (including phenoxy) is 1. The Kier molecular flexibility index (Phi) is 5.28. The van der Waals surface area contributed by atoms with Gasteiger partial charge in [0.25, 0.3) is 0 Å². The number of hydrogen-bond acceptors (Lipinski definition) is 3. The molecule has 1 aromatic rings. The zero-order valence-corrected chi connectivity index (χ0v) is 11.9. The first-order valence-electron chi connectivity index (χ1n) is 5.32. The molecular weight excluding hydrogens is 284 g/mol. The van der Waals surface area contributed by atoms with Crippen molar-refractivity contribution in [1.29, 1.82) is 0 Å². The normalized spacial score (nSPS) is 9.88. The number of carbonyl (C=O) groups excluding carboxylic acids is 1. The van der Waals surface area contributed by atoms with Crippen LogP contribution < -0.4 is 10.1 Å². The molecule has 5 heteroatoms. The number of halogens is 1. The molecule has 0 radical (unpaired) electrons. The van der Waals surface area contributed by atoms with E-state index in [1.165, 1.54) is 0 Å². The van der Waals surface area contributed by atoms with Crippen molar-refractivity contribution in [2.45, 2.75) is 6.42 Å². The van der Waals surface area contributed by atoms with Gasteiger partial charge in [0.05, 0.1) is 11.6 Å². The van der Waals surface area contributed by atoms with Crippen molar-refractivity contribution in [3.63, 3.8) is 0 Å². The fraction of sp³-hybridized carbons (Fsp3) is 0.417. The second-order valence-electron chi connectivity index (χ2n) is 3.81. The summed E-state index contributed by atoms with van der Waals surface area (Å²) >= 11 is 3.39. The quantitative estimate of drug-likeness (QED) is 0.907. The highest BCUT2D eigenvalue weighted by Gasteiger charge is 2.04. The van der Waals surface area contributed by atoms with Crippen LogP contribution in [0.25, 0.3) is 0 Å². The Hall–Kier alpha value is -1.23. The minimum Gasteiger partial charge on any atom is -0.495 e. The summed E-state index contributed by atoms with van der Waals surface area (Å²) in [4.78, 5) is 13.0. The van der Waals surface area contributed by atoms with Crippen LogP contribution in [0.15, 0.2) is 22.7 Å². The molecule has 1 aromatic carbocycles. The predicted octanol–water partition coefficient (Wildman–Crippen LogP) is 2.35. The third-order valence-corrected chi connectivity index (χ3v) is 2.97. The van der Waals surface area contributed by atoms with Crippen molar-refractivity contribution in [1.82, 2.24) is 4.90 Å². The Labute approximate surface area is 110 Å². The molecule has 0 atom stereocenters. The first-order valence-corrected chi connectivity index (χ1v) is 6.11. The average molecular weight is 301 g/mol. The molecule has 17 heavy (non-hydrogen) atoms. The fourth-order valence-electron chi connectivity index (χ4n) is 1.31. The molecule has 0 aliphatic carbocycles. The molecule has 0 aliphatic rings. The number of rotatable bonds is 5. The van der Waals surface area contributed by atoms with Crippen LogP contribution in [0.2, 0.25) is 0 Å². The average Bonchev–Trinajstić information content (AvgIpc) is 2.31. The highest BCUT2D eigenvalue weighted by molar-refractivity contribution is 9.10. The summed E-state index contributed by atoms with van der Waals surface area (Å²) in [6, 6.07) is 5.74. The predicted molar refractivity (Wildman–Crippen MR) is 72.5 cm³/mol. The molecule has 0 fully saturated rings. The number of nitrogens with zero attached hydrogens (tertiary/aromatic N) is 1. The molecule has 0 aliphatic heterocycles. The molecule has 4 nitrogen and oxygen atoms in total. The molecule has 0 saturated heterocycles. The zero-order chi connectivity index (χ0) is 12.8. The van der Waals surface area contributed by atoms with E-state index < -0.39 is 0 Å². The molecule has 1 amide bonds. The monoisotopic (exact) mass is 300 g/mol. The third-order valence-electron chi connectivity index (χ3n) is 2.32. The maximum absolute atomic E-state index is 11.4. The number of nitrogens with one attached hydrogen (secondary N) is 1. The molecule has 0 aromatic heterocycles. The van der Waals surface area contributed by atoms with Gasteiger partial charge in [0.2, 0.25) is 5.91 Å². The minimum absolute atomic E-state index is 0.113. The summed E-state index contributed by atoms with van der Waals surface area (Å²) < 4.78 is 6.10. The van der Waals surface area contributed by atoms with Crippen molar-refractivity contribution >= 4 is 27.5 Å². The van der Waals surface area contributed by atoms with Crippen LogP contribution in [0.4, 0.5) is 5.69 Å². The lowest BCUT2D eigenvalue weighted by Crippen LogP contribution is -2.23. The second-order valence-corrected chi connectivity index (χ2v) is 4.67. The number of anilines is 1. The van der Waals surface area contributed by atoms with Gasteiger partial charge in [0.1, 0.15) is 5.75 Å². The van der Waals surface area contributed by atoms with E-state index in [1.54, 1.807) is 26.1 Å². The first kappa shape index (κ1) is 13.8. The van der Waals surface area contributed by atoms with Crippen molar-refractivity contribution in [2.75, 3.05) is 33.1 Å². The number of carbonyl (C=O) groups is 1. The van der Waals surface area contributed by atoms with Gasteiger partial charge < -0.3 is 15.0 Å². The van der Waals surface area contributed by atoms with E-state index in [0.29, 0.717) is 13.0 Å². The highest BCUT2D eigenvalue weighted by Crippen LogP contribution is 2.27. The van der Waals surface area contributed by atoms with E-state index in [0.717, 1.165) is 15.9 Å². The fourth-order valence-corrected chi connectivity index (χ4v) is 1.72. The van der Waals surface area contributed by atoms with E-state index in [1.807, 2.05) is 18.2 Å². The van der Waals surface area contributed by atoms with Crippen molar-refractivity contribution in [3.8, 4) is 5.75 Å². The van der Waals surface area contributed by atoms with Crippen LogP contribution in [0.1, 0.15) is 6.42 Å². The van der Waals surface area contributed by atoms with Gasteiger partial charge >= 0.3 is 0 Å². The second kappa shape index (κ2) is 6.49. The molecule has 1 rings (SSSR count). The maximum Gasteiger partial charge on any atom is 0.223 e. The Bertz CT molecular complexity index is 394. The van der Waals surface area contributed by atoms with E-state index in [2.05, 4.69) is 21.2 Å². The van der Waals surface area contributed by atoms with Gasteiger partial charge in [-0.1, -0.05) is 0 Å². The van der Waals surface area contributed by atoms with Gasteiger partial charge in [0, 0.05) is 38.8 Å². The summed E-state index contributed by atoms with van der Waals surface area (Å²) in [7, 11) is 5.13. The molecule has 0 spiro atoms. The Morgan fingerprint density at radius 1 is 1.47 bits per heavy atom. The molecule has 1 N–H and O–H groups in total. The van der Waals surface area contributed by atoms with Crippen molar-refractivity contribution in [2.24, 2.45) is 0 Å². The summed E-state index contributed by atoms with van der Waals surface area (Å²) in [5, 5.41) is 3.18. The maximum atomic E-state index is 11.4. The molecule has 0 heterocycles. The van der Waals surface area contributed by atoms with Gasteiger partial charge in [-0.05, 0) is 28.1 Å². The van der Waals surface area contributed by atoms with E-state index in [4.69, 9.17) is 4.74 Å². The number of benzene rings is 1. The summed E-state index contributed by atoms with van der Waals surface area (Å²) in [5.74, 6) is 0.885. The van der Waals surface area contributed by atoms with E-state index in [-0.39, 0.29) is 5.91 Å². The number of amides is 1. The van der Waals surface area contributed by atoms with Gasteiger partial charge in [-0.3, -0.25) is 4.79 Å². The Morgan fingerprint density at radius 2 is 2.18 bits per heavy atom. The summed E-state index contributed by atoms with van der Waals surface area (Å²) in [6.07, 6.45) is 0.478. The van der Waals surface area contributed by atoms with E-state index in [9.17, 15) is 4.79 Å². The molecular formula is C12H17BrN2O2. The summed E-state index contributed by atoms with van der Waals surface area (Å²) in [5.41, 5.74) is 0.941. The topological polar surface area (TPSA) is 41.6 Å². The Balaban J connectivity index is 2.50. The largest absolute Gasteiger partial charge is 0.495 e. The standard InChI is InChI=1S/C12H17BrN2O2/c1-15(2)12(16)6-7-14-9-4-5-10(13)11(8-9)17-3/h4-5,8,14H,6-7H2,1-3H3. The molecule has 0 bridgehead atoms. The zero-order valence-electron chi connectivity index (χ0n) is 10.3. The SMILES string of the molecule is COc1cc(NCCC(=O)N(C)C)ccc1Br. The van der Waals surface area contributed by atoms with Crippen molar-refractivity contribution in [3.05, 3.63) is 22.7 Å². The lowest BCUT2D eigenvalue weighted by atomic mass is 10.3. The van der Waals surface area contributed by atoms with Crippen LogP contribution in [-0.4, -0.2) is 38.6 Å². The van der Waals surface area contributed by atoms with Gasteiger partial charge in [-0.2, -0.15) is 0 Å². The Morgan fingerprint density at radius 3 is 2.76 bits per heavy atom. The number of hydrogen-bond donors (Lipinski definition) is 1. The molecule has 0 unspecified atom stereocenters. The van der Waals surface area contributed by atoms with Crippen LogP contribution in [0, 0.1) is 0 Å². The smallest absolute Gasteiger partial charge is 0.223 e. The third kappa shape index (κ3) is 4.26. The van der Waals surface area contributed by atoms with Crippen molar-refractivity contribution < 1.29 is 9.53 Å². The minimum atomic E-state index is 0.113. The van der Waals surface area contributed by atoms with Gasteiger partial charge in [-0.15, -0.1) is 0 Å². The highest BCUT2D eigenvalue weighted by atomic mass is 79.9. The van der Waals surface area contributed by atoms with Crippen LogP contribution in [-0.2, 0) is 4.79 Å². The molecule has 0 saturated carbocycles. The van der Waals surface area contributed by atoms with Crippen LogP contribution in [0.3, 0.4) is 0 Å². The number of methoxy groups -OCH3 is 1. The van der Waals surface area contributed by atoms with Gasteiger partial charge in [-0.25, -0.2) is 0 Å².